The van der Waals surface area contributed by atoms with Crippen molar-refractivity contribution in [3.8, 4) is 0 Å². The normalized spacial score (nSPS) is 14.3. The van der Waals surface area contributed by atoms with Gasteiger partial charge in [-0.1, -0.05) is 48.9 Å². The molecule has 0 radical (unpaired) electrons. The third-order valence-corrected chi connectivity index (χ3v) is 6.07. The maximum atomic E-state index is 12.2. The molecular formula is C26H30N2O. The molecule has 0 N–H and O–H groups in total. The predicted molar refractivity (Wildman–Crippen MR) is 119 cm³/mol. The monoisotopic (exact) mass is 386 g/mol. The predicted octanol–water partition coefficient (Wildman–Crippen LogP) is 5.19. The molecular weight excluding hydrogens is 356 g/mol. The second-order valence-electron chi connectivity index (χ2n) is 8.64. The molecule has 3 heteroatoms. The van der Waals surface area contributed by atoms with E-state index in [1.54, 1.807) is 0 Å². The van der Waals surface area contributed by atoms with Crippen molar-refractivity contribution in [2.24, 2.45) is 5.92 Å². The lowest BCUT2D eigenvalue weighted by molar-refractivity contribution is -0.125. The summed E-state index contributed by atoms with van der Waals surface area (Å²) in [7, 11) is 4.17. The van der Waals surface area contributed by atoms with Gasteiger partial charge in [0, 0.05) is 36.7 Å². The van der Waals surface area contributed by atoms with Crippen LogP contribution in [0.3, 0.4) is 0 Å². The van der Waals surface area contributed by atoms with Crippen LogP contribution < -0.4 is 0 Å². The Morgan fingerprint density at radius 2 is 1.79 bits per heavy atom. The third kappa shape index (κ3) is 4.73. The second-order valence-corrected chi connectivity index (χ2v) is 8.64. The molecule has 0 spiro atoms. The highest BCUT2D eigenvalue weighted by Gasteiger charge is 2.24. The van der Waals surface area contributed by atoms with E-state index in [1.807, 2.05) is 12.4 Å². The standard InChI is InChI=1S/C26H30N2O/c1-28(2)18-23-16-27-17-25-22(10-5-11-24(23)25)15-20-7-3-6-19(14-20)12-13-26(29)21-8-4-9-21/h3,5-7,10-11,14,16-17,21H,4,8-9,12-13,15,18H2,1-2H3. The summed E-state index contributed by atoms with van der Waals surface area (Å²) in [5.74, 6) is 0.799. The molecule has 3 aromatic rings. The Morgan fingerprint density at radius 1 is 1.00 bits per heavy atom. The largest absolute Gasteiger partial charge is 0.305 e. The maximum absolute atomic E-state index is 12.2. The number of nitrogens with zero attached hydrogens (tertiary/aromatic N) is 2. The van der Waals surface area contributed by atoms with Crippen LogP contribution in [0.5, 0.6) is 0 Å². The molecule has 1 aliphatic rings. The number of hydrogen-bond acceptors (Lipinski definition) is 3. The van der Waals surface area contributed by atoms with E-state index in [-0.39, 0.29) is 0 Å². The van der Waals surface area contributed by atoms with Crippen molar-refractivity contribution in [2.45, 2.75) is 45.1 Å². The van der Waals surface area contributed by atoms with Crippen LogP contribution in [0.25, 0.3) is 10.8 Å². The Bertz CT molecular complexity index is 1000. The molecule has 0 atom stereocenters. The van der Waals surface area contributed by atoms with Gasteiger partial charge >= 0.3 is 0 Å². The molecule has 0 bridgehead atoms. The van der Waals surface area contributed by atoms with E-state index >= 15 is 0 Å². The van der Waals surface area contributed by atoms with Crippen molar-refractivity contribution in [3.63, 3.8) is 0 Å². The highest BCUT2D eigenvalue weighted by atomic mass is 16.1. The Balaban J connectivity index is 1.51. The van der Waals surface area contributed by atoms with Crippen LogP contribution in [0.15, 0.2) is 54.9 Å². The molecule has 1 aromatic heterocycles. The van der Waals surface area contributed by atoms with Crippen LogP contribution in [0, 0.1) is 5.92 Å². The zero-order chi connectivity index (χ0) is 20.2. The van der Waals surface area contributed by atoms with Crippen molar-refractivity contribution in [2.75, 3.05) is 14.1 Å². The molecule has 0 aliphatic heterocycles. The van der Waals surface area contributed by atoms with Crippen LogP contribution >= 0.6 is 0 Å². The van der Waals surface area contributed by atoms with Gasteiger partial charge in [-0.25, -0.2) is 0 Å². The van der Waals surface area contributed by atoms with Gasteiger partial charge in [-0.05, 0) is 67.4 Å². The first-order chi connectivity index (χ1) is 14.1. The van der Waals surface area contributed by atoms with E-state index < -0.39 is 0 Å². The minimum Gasteiger partial charge on any atom is -0.305 e. The molecule has 1 saturated carbocycles. The Kier molecular flexibility index (Phi) is 6.05. The fourth-order valence-corrected chi connectivity index (χ4v) is 4.25. The summed E-state index contributed by atoms with van der Waals surface area (Å²) in [6.07, 6.45) is 9.81. The molecule has 0 saturated heterocycles. The molecule has 0 amide bonds. The van der Waals surface area contributed by atoms with Crippen LogP contribution in [-0.2, 0) is 24.2 Å². The summed E-state index contributed by atoms with van der Waals surface area (Å²) in [5, 5.41) is 2.52. The first-order valence-corrected chi connectivity index (χ1v) is 10.7. The fourth-order valence-electron chi connectivity index (χ4n) is 4.25. The zero-order valence-electron chi connectivity index (χ0n) is 17.5. The average Bonchev–Trinajstić information content (AvgIpc) is 2.66. The fraction of sp³-hybridized carbons (Fsp3) is 0.385. The number of aryl methyl sites for hydroxylation is 1. The molecule has 2 aromatic carbocycles. The van der Waals surface area contributed by atoms with Gasteiger partial charge in [0.15, 0.2) is 0 Å². The summed E-state index contributed by atoms with van der Waals surface area (Å²) in [6.45, 7) is 0.887. The highest BCUT2D eigenvalue weighted by Crippen LogP contribution is 2.29. The molecule has 29 heavy (non-hydrogen) atoms. The quantitative estimate of drug-likeness (QED) is 0.534. The number of carbonyl (C=O) groups excluding carboxylic acids is 1. The molecule has 1 aliphatic carbocycles. The number of Topliss-reactive ketones (excluding diaryl/α,β-unsaturated/α-hetero) is 1. The lowest BCUT2D eigenvalue weighted by Gasteiger charge is -2.23. The van der Waals surface area contributed by atoms with E-state index in [9.17, 15) is 4.79 Å². The van der Waals surface area contributed by atoms with Crippen LogP contribution in [-0.4, -0.2) is 29.8 Å². The van der Waals surface area contributed by atoms with E-state index in [2.05, 4.69) is 66.4 Å². The number of aromatic nitrogens is 1. The number of rotatable bonds is 8. The van der Waals surface area contributed by atoms with Crippen molar-refractivity contribution in [1.82, 2.24) is 9.88 Å². The Hall–Kier alpha value is -2.52. The van der Waals surface area contributed by atoms with Crippen molar-refractivity contribution < 1.29 is 4.79 Å². The molecule has 3 nitrogen and oxygen atoms in total. The third-order valence-electron chi connectivity index (χ3n) is 6.07. The van der Waals surface area contributed by atoms with Gasteiger partial charge in [0.05, 0.1) is 0 Å². The topological polar surface area (TPSA) is 33.2 Å². The lowest BCUT2D eigenvalue weighted by atomic mass is 9.80. The van der Waals surface area contributed by atoms with Gasteiger partial charge in [-0.15, -0.1) is 0 Å². The number of benzene rings is 2. The maximum Gasteiger partial charge on any atom is 0.136 e. The smallest absolute Gasteiger partial charge is 0.136 e. The van der Waals surface area contributed by atoms with Gasteiger partial charge in [-0.2, -0.15) is 0 Å². The zero-order valence-corrected chi connectivity index (χ0v) is 17.5. The minimum atomic E-state index is 0.345. The number of fused-ring (bicyclic) bond motifs is 1. The first kappa shape index (κ1) is 19.8. The SMILES string of the molecule is CN(C)Cc1cncc2c(Cc3cccc(CCC(=O)C4CCC4)c3)cccc12. The summed E-state index contributed by atoms with van der Waals surface area (Å²) < 4.78 is 0. The van der Waals surface area contributed by atoms with Crippen molar-refractivity contribution in [1.29, 1.82) is 0 Å². The summed E-state index contributed by atoms with van der Waals surface area (Å²) >= 11 is 0. The lowest BCUT2D eigenvalue weighted by Crippen LogP contribution is -2.22. The molecule has 4 rings (SSSR count). The average molecular weight is 387 g/mol. The van der Waals surface area contributed by atoms with Crippen molar-refractivity contribution >= 4 is 16.6 Å². The van der Waals surface area contributed by atoms with E-state index in [1.165, 1.54) is 39.4 Å². The van der Waals surface area contributed by atoms with Gasteiger partial charge in [0.2, 0.25) is 0 Å². The van der Waals surface area contributed by atoms with E-state index in [4.69, 9.17) is 0 Å². The van der Waals surface area contributed by atoms with Crippen LogP contribution in [0.1, 0.15) is 47.9 Å². The number of carbonyl (C=O) groups is 1. The van der Waals surface area contributed by atoms with Gasteiger partial charge in [0.1, 0.15) is 5.78 Å². The van der Waals surface area contributed by atoms with Crippen LogP contribution in [0.4, 0.5) is 0 Å². The molecule has 150 valence electrons. The number of hydrogen-bond donors (Lipinski definition) is 0. The van der Waals surface area contributed by atoms with Gasteiger partial charge in [-0.3, -0.25) is 9.78 Å². The first-order valence-electron chi connectivity index (χ1n) is 10.7. The van der Waals surface area contributed by atoms with Gasteiger partial charge in [0.25, 0.3) is 0 Å². The van der Waals surface area contributed by atoms with Crippen LogP contribution in [0.2, 0.25) is 0 Å². The minimum absolute atomic E-state index is 0.345. The second kappa shape index (κ2) is 8.87. The highest BCUT2D eigenvalue weighted by molar-refractivity contribution is 5.88. The van der Waals surface area contributed by atoms with Crippen molar-refractivity contribution in [3.05, 3.63) is 77.1 Å². The summed E-state index contributed by atoms with van der Waals surface area (Å²) in [5.41, 5.74) is 5.13. The Morgan fingerprint density at radius 3 is 2.55 bits per heavy atom. The summed E-state index contributed by atoms with van der Waals surface area (Å²) in [4.78, 5) is 18.9. The molecule has 0 unspecified atom stereocenters. The number of pyridine rings is 1. The number of ketones is 1. The molecule has 1 fully saturated rings. The van der Waals surface area contributed by atoms with Gasteiger partial charge < -0.3 is 4.90 Å². The molecule has 1 heterocycles. The summed E-state index contributed by atoms with van der Waals surface area (Å²) in [6, 6.07) is 15.3. The Labute approximate surface area is 173 Å². The van der Waals surface area contributed by atoms with E-state index in [0.29, 0.717) is 18.1 Å². The van der Waals surface area contributed by atoms with E-state index in [0.717, 1.165) is 32.2 Å².